The molecule has 1 aromatic carbocycles. The second-order valence-electron chi connectivity index (χ2n) is 4.86. The van der Waals surface area contributed by atoms with E-state index < -0.39 is 5.97 Å². The fraction of sp³-hybridized carbons (Fsp3) is 0.133. The summed E-state index contributed by atoms with van der Waals surface area (Å²) in [5.74, 6) is -0.139. The number of anilines is 2. The predicted molar refractivity (Wildman–Crippen MR) is 81.5 cm³/mol. The summed E-state index contributed by atoms with van der Waals surface area (Å²) in [4.78, 5) is 22.9. The number of fused-ring (bicyclic) bond motifs is 2. The number of rotatable bonds is 2. The van der Waals surface area contributed by atoms with Crippen LogP contribution in [0.5, 0.6) is 0 Å². The van der Waals surface area contributed by atoms with Crippen LogP contribution in [0.1, 0.15) is 15.2 Å². The molecule has 0 bridgehead atoms. The van der Waals surface area contributed by atoms with E-state index in [1.807, 2.05) is 12.1 Å². The van der Waals surface area contributed by atoms with Crippen molar-refractivity contribution in [2.75, 3.05) is 11.4 Å². The molecular weight excluding hydrogens is 286 g/mol. The van der Waals surface area contributed by atoms with E-state index in [1.54, 1.807) is 6.07 Å². The van der Waals surface area contributed by atoms with Gasteiger partial charge in [-0.25, -0.2) is 14.8 Å². The van der Waals surface area contributed by atoms with Crippen molar-refractivity contribution < 1.29 is 9.90 Å². The van der Waals surface area contributed by atoms with Gasteiger partial charge in [0.15, 0.2) is 0 Å². The molecule has 21 heavy (non-hydrogen) atoms. The molecule has 1 aliphatic rings. The SMILES string of the molecule is O=C(O)c1cc2c(N3CCc4ccccc43)ncnc2s1. The molecule has 0 saturated heterocycles. The van der Waals surface area contributed by atoms with Gasteiger partial charge in [-0.05, 0) is 24.1 Å². The fourth-order valence-electron chi connectivity index (χ4n) is 2.72. The number of aromatic carboxylic acids is 1. The molecule has 1 aliphatic heterocycles. The topological polar surface area (TPSA) is 66.3 Å². The Balaban J connectivity index is 1.90. The molecule has 0 atom stereocenters. The van der Waals surface area contributed by atoms with Crippen LogP contribution >= 0.6 is 11.3 Å². The molecule has 0 saturated carbocycles. The Bertz CT molecular complexity index is 859. The average molecular weight is 297 g/mol. The first-order chi connectivity index (χ1) is 10.2. The highest BCUT2D eigenvalue weighted by molar-refractivity contribution is 7.20. The Kier molecular flexibility index (Phi) is 2.65. The van der Waals surface area contributed by atoms with Gasteiger partial charge in [0.05, 0.1) is 5.39 Å². The summed E-state index contributed by atoms with van der Waals surface area (Å²) < 4.78 is 0. The van der Waals surface area contributed by atoms with Crippen LogP contribution in [0.2, 0.25) is 0 Å². The minimum atomic E-state index is -0.925. The first-order valence-corrected chi connectivity index (χ1v) is 7.39. The van der Waals surface area contributed by atoms with Gasteiger partial charge in [-0.15, -0.1) is 11.3 Å². The van der Waals surface area contributed by atoms with Crippen molar-refractivity contribution in [3.05, 3.63) is 47.1 Å². The van der Waals surface area contributed by atoms with Crippen LogP contribution < -0.4 is 4.90 Å². The van der Waals surface area contributed by atoms with E-state index in [4.69, 9.17) is 5.11 Å². The molecular formula is C15H11N3O2S. The monoisotopic (exact) mass is 297 g/mol. The zero-order chi connectivity index (χ0) is 14.4. The molecule has 1 N–H and O–H groups in total. The number of carboxylic acid groups (broad SMARTS) is 1. The summed E-state index contributed by atoms with van der Waals surface area (Å²) >= 11 is 1.18. The molecule has 3 heterocycles. The first kappa shape index (κ1) is 12.3. The predicted octanol–water partition coefficient (Wildman–Crippen LogP) is 3.08. The van der Waals surface area contributed by atoms with E-state index >= 15 is 0 Å². The maximum Gasteiger partial charge on any atom is 0.345 e. The third-order valence-electron chi connectivity index (χ3n) is 3.66. The van der Waals surface area contributed by atoms with Gasteiger partial charge in [-0.2, -0.15) is 0 Å². The Morgan fingerprint density at radius 1 is 1.29 bits per heavy atom. The van der Waals surface area contributed by atoms with Crippen molar-refractivity contribution in [2.24, 2.45) is 0 Å². The summed E-state index contributed by atoms with van der Waals surface area (Å²) in [5.41, 5.74) is 2.43. The van der Waals surface area contributed by atoms with Gasteiger partial charge in [0.2, 0.25) is 0 Å². The molecule has 104 valence electrons. The average Bonchev–Trinajstić information content (AvgIpc) is 3.11. The number of hydrogen-bond acceptors (Lipinski definition) is 5. The lowest BCUT2D eigenvalue weighted by Gasteiger charge is -2.18. The van der Waals surface area contributed by atoms with Crippen LogP contribution in [-0.2, 0) is 6.42 Å². The van der Waals surface area contributed by atoms with E-state index in [9.17, 15) is 4.79 Å². The lowest BCUT2D eigenvalue weighted by atomic mass is 10.2. The molecule has 0 spiro atoms. The van der Waals surface area contributed by atoms with Crippen LogP contribution in [0.25, 0.3) is 10.2 Å². The van der Waals surface area contributed by atoms with Crippen molar-refractivity contribution in [1.29, 1.82) is 0 Å². The molecule has 3 aromatic rings. The van der Waals surface area contributed by atoms with Gasteiger partial charge in [0, 0.05) is 12.2 Å². The smallest absolute Gasteiger partial charge is 0.345 e. The minimum absolute atomic E-state index is 0.291. The van der Waals surface area contributed by atoms with Crippen LogP contribution in [0.4, 0.5) is 11.5 Å². The maximum absolute atomic E-state index is 11.2. The van der Waals surface area contributed by atoms with Gasteiger partial charge in [0.25, 0.3) is 0 Å². The van der Waals surface area contributed by atoms with Crippen molar-refractivity contribution in [3.8, 4) is 0 Å². The number of aromatic nitrogens is 2. The number of hydrogen-bond donors (Lipinski definition) is 1. The van der Waals surface area contributed by atoms with E-state index in [0.29, 0.717) is 9.71 Å². The summed E-state index contributed by atoms with van der Waals surface area (Å²) in [5, 5.41) is 9.95. The lowest BCUT2D eigenvalue weighted by Crippen LogP contribution is -2.15. The number of thiophene rings is 1. The van der Waals surface area contributed by atoms with Crippen LogP contribution in [0.3, 0.4) is 0 Å². The Labute approximate surface area is 124 Å². The molecule has 6 heteroatoms. The summed E-state index contributed by atoms with van der Waals surface area (Å²) in [6, 6.07) is 9.89. The third kappa shape index (κ3) is 1.87. The molecule has 0 unspecified atom stereocenters. The van der Waals surface area contributed by atoms with Crippen LogP contribution in [0.15, 0.2) is 36.7 Å². The molecule has 0 amide bonds. The molecule has 0 fully saturated rings. The Hall–Kier alpha value is -2.47. The molecule has 2 aromatic heterocycles. The van der Waals surface area contributed by atoms with Crippen molar-refractivity contribution in [3.63, 3.8) is 0 Å². The number of nitrogens with zero attached hydrogens (tertiary/aromatic N) is 3. The minimum Gasteiger partial charge on any atom is -0.477 e. The number of carboxylic acids is 1. The standard InChI is InChI=1S/C15H11N3O2S/c19-15(20)12-7-10-13(16-8-17-14(10)21-12)18-6-5-9-3-1-2-4-11(9)18/h1-4,7-8H,5-6H2,(H,19,20). The summed E-state index contributed by atoms with van der Waals surface area (Å²) in [6.45, 7) is 0.851. The Morgan fingerprint density at radius 2 is 2.14 bits per heavy atom. The molecule has 0 radical (unpaired) electrons. The molecule has 5 nitrogen and oxygen atoms in total. The zero-order valence-electron chi connectivity index (χ0n) is 11.0. The quantitative estimate of drug-likeness (QED) is 0.787. The largest absolute Gasteiger partial charge is 0.477 e. The highest BCUT2D eigenvalue weighted by Crippen LogP contribution is 2.38. The van der Waals surface area contributed by atoms with E-state index in [1.165, 1.54) is 23.2 Å². The summed E-state index contributed by atoms with van der Waals surface area (Å²) in [6.07, 6.45) is 2.47. The van der Waals surface area contributed by atoms with Crippen molar-refractivity contribution in [2.45, 2.75) is 6.42 Å². The fourth-order valence-corrected chi connectivity index (χ4v) is 3.55. The lowest BCUT2D eigenvalue weighted by molar-refractivity contribution is 0.0702. The normalized spacial score (nSPS) is 13.6. The van der Waals surface area contributed by atoms with E-state index in [0.717, 1.165) is 29.9 Å². The highest BCUT2D eigenvalue weighted by Gasteiger charge is 2.24. The Morgan fingerprint density at radius 3 is 3.00 bits per heavy atom. The number of benzene rings is 1. The van der Waals surface area contributed by atoms with Crippen molar-refractivity contribution >= 4 is 39.0 Å². The third-order valence-corrected chi connectivity index (χ3v) is 4.69. The van der Waals surface area contributed by atoms with Crippen LogP contribution in [-0.4, -0.2) is 27.6 Å². The van der Waals surface area contributed by atoms with Gasteiger partial charge < -0.3 is 10.0 Å². The van der Waals surface area contributed by atoms with Gasteiger partial charge in [0.1, 0.15) is 21.9 Å². The second-order valence-corrected chi connectivity index (χ2v) is 5.89. The maximum atomic E-state index is 11.2. The molecule has 0 aliphatic carbocycles. The van der Waals surface area contributed by atoms with Gasteiger partial charge in [-0.1, -0.05) is 18.2 Å². The summed E-state index contributed by atoms with van der Waals surface area (Å²) in [7, 11) is 0. The van der Waals surface area contributed by atoms with E-state index in [-0.39, 0.29) is 0 Å². The number of carbonyl (C=O) groups is 1. The van der Waals surface area contributed by atoms with E-state index in [2.05, 4.69) is 27.0 Å². The second kappa shape index (κ2) is 4.53. The number of para-hydroxylation sites is 1. The first-order valence-electron chi connectivity index (χ1n) is 6.57. The zero-order valence-corrected chi connectivity index (χ0v) is 11.8. The van der Waals surface area contributed by atoms with Gasteiger partial charge >= 0.3 is 5.97 Å². The molecule has 4 rings (SSSR count). The van der Waals surface area contributed by atoms with Crippen LogP contribution in [0, 0.1) is 0 Å². The van der Waals surface area contributed by atoms with Gasteiger partial charge in [-0.3, -0.25) is 0 Å². The highest BCUT2D eigenvalue weighted by atomic mass is 32.1. The van der Waals surface area contributed by atoms with Crippen molar-refractivity contribution in [1.82, 2.24) is 9.97 Å².